The van der Waals surface area contributed by atoms with Crippen LogP contribution in [0.15, 0.2) is 30.3 Å². The summed E-state index contributed by atoms with van der Waals surface area (Å²) >= 11 is 0. The summed E-state index contributed by atoms with van der Waals surface area (Å²) in [7, 11) is 0. The first-order valence-corrected chi connectivity index (χ1v) is 8.37. The number of nitrogens with two attached hydrogens (primary N) is 1. The Labute approximate surface area is 159 Å². The summed E-state index contributed by atoms with van der Waals surface area (Å²) in [6.45, 7) is 5.04. The minimum absolute atomic E-state index is 0.188. The number of hydrogen-bond acceptors (Lipinski definition) is 7. The average molecular weight is 382 g/mol. The zero-order chi connectivity index (χ0) is 20.4. The molecule has 0 aliphatic carbocycles. The van der Waals surface area contributed by atoms with Crippen molar-refractivity contribution in [3.8, 4) is 0 Å². The zero-order valence-electron chi connectivity index (χ0n) is 15.5. The fourth-order valence-corrected chi connectivity index (χ4v) is 2.48. The Hall–Kier alpha value is -3.82. The van der Waals surface area contributed by atoms with Crippen LogP contribution < -0.4 is 11.1 Å². The molecule has 0 bridgehead atoms. The van der Waals surface area contributed by atoms with Crippen molar-refractivity contribution in [1.29, 1.82) is 0 Å². The number of amides is 2. The van der Waals surface area contributed by atoms with E-state index in [4.69, 9.17) is 10.5 Å². The molecule has 1 aromatic carbocycles. The Balaban J connectivity index is 1.67. The fraction of sp³-hybridized carbons (Fsp3) is 0.222. The van der Waals surface area contributed by atoms with E-state index in [0.29, 0.717) is 11.3 Å². The number of benzene rings is 1. The maximum absolute atomic E-state index is 12.3. The van der Waals surface area contributed by atoms with E-state index in [2.05, 4.69) is 20.4 Å². The van der Waals surface area contributed by atoms with E-state index in [1.54, 1.807) is 6.07 Å². The van der Waals surface area contributed by atoms with Gasteiger partial charge >= 0.3 is 5.97 Å². The van der Waals surface area contributed by atoms with E-state index >= 15 is 0 Å². The van der Waals surface area contributed by atoms with Crippen LogP contribution in [0.25, 0.3) is 5.78 Å². The molecule has 2 aromatic heterocycles. The Kier molecular flexibility index (Phi) is 5.03. The number of aromatic nitrogens is 4. The highest BCUT2D eigenvalue weighted by atomic mass is 16.5. The van der Waals surface area contributed by atoms with Gasteiger partial charge in [0.05, 0.1) is 0 Å². The van der Waals surface area contributed by atoms with Crippen LogP contribution in [0, 0.1) is 13.8 Å². The third kappa shape index (κ3) is 3.95. The maximum atomic E-state index is 12.3. The molecule has 0 unspecified atom stereocenters. The molecule has 1 atom stereocenters. The van der Waals surface area contributed by atoms with Crippen molar-refractivity contribution >= 4 is 29.2 Å². The number of carbonyl (C=O) groups is 3. The van der Waals surface area contributed by atoms with Crippen molar-refractivity contribution in [1.82, 2.24) is 19.6 Å². The molecule has 28 heavy (non-hydrogen) atoms. The van der Waals surface area contributed by atoms with Crippen molar-refractivity contribution in [3.63, 3.8) is 0 Å². The lowest BCUT2D eigenvalue weighted by Gasteiger charge is -2.12. The van der Waals surface area contributed by atoms with Gasteiger partial charge in [0, 0.05) is 22.6 Å². The third-order valence-corrected chi connectivity index (χ3v) is 3.89. The number of rotatable bonds is 5. The van der Waals surface area contributed by atoms with Gasteiger partial charge in [-0.25, -0.2) is 14.3 Å². The number of hydrogen-bond donors (Lipinski definition) is 2. The summed E-state index contributed by atoms with van der Waals surface area (Å²) in [6, 6.07) is 7.80. The summed E-state index contributed by atoms with van der Waals surface area (Å²) in [5.74, 6) is -1.87. The Morgan fingerprint density at radius 3 is 2.46 bits per heavy atom. The molecule has 0 saturated heterocycles. The van der Waals surface area contributed by atoms with E-state index in [9.17, 15) is 14.4 Å². The Morgan fingerprint density at radius 1 is 1.14 bits per heavy atom. The lowest BCUT2D eigenvalue weighted by atomic mass is 10.2. The predicted octanol–water partition coefficient (Wildman–Crippen LogP) is 1.02. The van der Waals surface area contributed by atoms with E-state index < -0.39 is 23.9 Å². The van der Waals surface area contributed by atoms with Gasteiger partial charge in [-0.15, -0.1) is 5.10 Å². The van der Waals surface area contributed by atoms with Gasteiger partial charge < -0.3 is 15.8 Å². The molecule has 2 heterocycles. The number of primary amides is 1. The summed E-state index contributed by atoms with van der Waals surface area (Å²) < 4.78 is 6.57. The summed E-state index contributed by atoms with van der Waals surface area (Å²) in [6.07, 6.45) is -1.09. The van der Waals surface area contributed by atoms with Crippen LogP contribution in [0.5, 0.6) is 0 Å². The Bertz CT molecular complexity index is 1070. The van der Waals surface area contributed by atoms with E-state index in [-0.39, 0.29) is 11.6 Å². The van der Waals surface area contributed by atoms with Crippen molar-refractivity contribution in [3.05, 3.63) is 53.1 Å². The number of anilines is 1. The summed E-state index contributed by atoms with van der Waals surface area (Å²) in [5.41, 5.74) is 7.42. The third-order valence-electron chi connectivity index (χ3n) is 3.89. The molecule has 0 spiro atoms. The number of aryl methyl sites for hydroxylation is 2. The monoisotopic (exact) mass is 382 g/mol. The van der Waals surface area contributed by atoms with Crippen molar-refractivity contribution in [2.75, 3.05) is 5.32 Å². The number of fused-ring (bicyclic) bond motifs is 1. The summed E-state index contributed by atoms with van der Waals surface area (Å²) in [4.78, 5) is 43.8. The minimum atomic E-state index is -1.09. The highest BCUT2D eigenvalue weighted by Gasteiger charge is 2.23. The van der Waals surface area contributed by atoms with Gasteiger partial charge in [-0.3, -0.25) is 9.59 Å². The first-order valence-electron chi connectivity index (χ1n) is 8.37. The number of ether oxygens (including phenoxy) is 1. The van der Waals surface area contributed by atoms with Crippen LogP contribution in [0.2, 0.25) is 0 Å². The van der Waals surface area contributed by atoms with E-state index in [1.807, 2.05) is 13.8 Å². The second-order valence-electron chi connectivity index (χ2n) is 6.16. The fourth-order valence-electron chi connectivity index (χ4n) is 2.48. The molecule has 0 aliphatic heterocycles. The lowest BCUT2D eigenvalue weighted by Crippen LogP contribution is -2.30. The molecule has 10 nitrogen and oxygen atoms in total. The van der Waals surface area contributed by atoms with Crippen molar-refractivity contribution in [2.45, 2.75) is 26.9 Å². The number of nitrogens with zero attached hydrogens (tertiary/aromatic N) is 4. The topological polar surface area (TPSA) is 142 Å². The molecule has 3 aromatic rings. The van der Waals surface area contributed by atoms with Gasteiger partial charge in [0.2, 0.25) is 5.91 Å². The quantitative estimate of drug-likeness (QED) is 0.627. The highest BCUT2D eigenvalue weighted by molar-refractivity contribution is 5.97. The second kappa shape index (κ2) is 7.43. The standard InChI is InChI=1S/C18H18N6O4/c1-9-8-10(2)24-18(20-9)22-15(23-24)17(27)28-11(3)16(26)21-13-6-4-12(5-7-13)14(19)25/h4-8,11H,1-3H3,(H2,19,25)(H,21,26)/t11-/m1/s1. The van der Waals surface area contributed by atoms with E-state index in [0.717, 1.165) is 11.4 Å². The average Bonchev–Trinajstić information content (AvgIpc) is 3.06. The first-order chi connectivity index (χ1) is 13.2. The molecule has 10 heteroatoms. The lowest BCUT2D eigenvalue weighted by molar-refractivity contribution is -0.123. The number of esters is 1. The molecular weight excluding hydrogens is 364 g/mol. The van der Waals surface area contributed by atoms with Gasteiger partial charge in [0.1, 0.15) is 0 Å². The molecule has 0 saturated carbocycles. The van der Waals surface area contributed by atoms with Crippen LogP contribution in [-0.4, -0.2) is 43.5 Å². The molecule has 2 amide bonds. The van der Waals surface area contributed by atoms with Gasteiger partial charge in [-0.1, -0.05) is 0 Å². The number of carbonyl (C=O) groups excluding carboxylic acids is 3. The predicted molar refractivity (Wildman–Crippen MR) is 98.7 cm³/mol. The van der Waals surface area contributed by atoms with Crippen LogP contribution in [0.3, 0.4) is 0 Å². The number of nitrogens with one attached hydrogen (secondary N) is 1. The van der Waals surface area contributed by atoms with Crippen LogP contribution >= 0.6 is 0 Å². The van der Waals surface area contributed by atoms with Crippen LogP contribution in [-0.2, 0) is 9.53 Å². The van der Waals surface area contributed by atoms with Gasteiger partial charge in [0.25, 0.3) is 17.5 Å². The summed E-state index contributed by atoms with van der Waals surface area (Å²) in [5, 5.41) is 6.65. The van der Waals surface area contributed by atoms with Crippen LogP contribution in [0.4, 0.5) is 5.69 Å². The largest absolute Gasteiger partial charge is 0.447 e. The molecular formula is C18H18N6O4. The van der Waals surface area contributed by atoms with Gasteiger partial charge in [-0.2, -0.15) is 4.98 Å². The SMILES string of the molecule is Cc1cc(C)n2nc(C(=O)O[C@H](C)C(=O)Nc3ccc(C(N)=O)cc3)nc2n1. The normalized spacial score (nSPS) is 11.8. The van der Waals surface area contributed by atoms with Crippen molar-refractivity contribution < 1.29 is 19.1 Å². The molecule has 0 radical (unpaired) electrons. The second-order valence-corrected chi connectivity index (χ2v) is 6.16. The van der Waals surface area contributed by atoms with Gasteiger partial charge in [-0.05, 0) is 51.1 Å². The van der Waals surface area contributed by atoms with Crippen molar-refractivity contribution in [2.24, 2.45) is 5.73 Å². The van der Waals surface area contributed by atoms with E-state index in [1.165, 1.54) is 35.7 Å². The minimum Gasteiger partial charge on any atom is -0.447 e. The zero-order valence-corrected chi connectivity index (χ0v) is 15.5. The van der Waals surface area contributed by atoms with Crippen LogP contribution in [0.1, 0.15) is 39.3 Å². The molecule has 0 fully saturated rings. The smallest absolute Gasteiger partial charge is 0.379 e. The van der Waals surface area contributed by atoms with Gasteiger partial charge in [0.15, 0.2) is 6.10 Å². The molecule has 3 rings (SSSR count). The Morgan fingerprint density at radius 2 is 1.82 bits per heavy atom. The molecule has 144 valence electrons. The molecule has 3 N–H and O–H groups in total. The maximum Gasteiger partial charge on any atom is 0.379 e. The first kappa shape index (κ1) is 19.0. The highest BCUT2D eigenvalue weighted by Crippen LogP contribution is 2.11. The molecule has 0 aliphatic rings.